The van der Waals surface area contributed by atoms with Crippen molar-refractivity contribution in [2.24, 2.45) is 0 Å². The third kappa shape index (κ3) is 4.41. The Morgan fingerprint density at radius 1 is 1.21 bits per heavy atom. The average molecular weight is 431 g/mol. The van der Waals surface area contributed by atoms with Crippen LogP contribution in [0.1, 0.15) is 16.3 Å². The fourth-order valence-corrected chi connectivity index (χ4v) is 3.59. The number of aromatic nitrogens is 6. The van der Waals surface area contributed by atoms with Gasteiger partial charge < -0.3 is 15.4 Å². The molecule has 1 N–H and O–H groups in total. The minimum atomic E-state index is -0.518. The van der Waals surface area contributed by atoms with Gasteiger partial charge in [-0.1, -0.05) is 41.1 Å². The van der Waals surface area contributed by atoms with Crippen molar-refractivity contribution >= 4 is 39.7 Å². The molecule has 0 radical (unpaired) electrons. The van der Waals surface area contributed by atoms with E-state index < -0.39 is 4.92 Å². The van der Waals surface area contributed by atoms with Gasteiger partial charge in [-0.3, -0.25) is 4.68 Å². The van der Waals surface area contributed by atoms with Crippen LogP contribution in [0.4, 0.5) is 16.8 Å². The molecule has 0 saturated heterocycles. The fourth-order valence-electron chi connectivity index (χ4n) is 2.67. The number of anilines is 2. The lowest BCUT2D eigenvalue weighted by molar-refractivity contribution is -0.389. The Morgan fingerprint density at radius 3 is 2.79 bits per heavy atom. The Balaban J connectivity index is 1.41. The Morgan fingerprint density at radius 2 is 2.03 bits per heavy atom. The van der Waals surface area contributed by atoms with E-state index in [0.29, 0.717) is 39.8 Å². The number of hydrogen-bond donors (Lipinski definition) is 1. The molecule has 0 unspecified atom stereocenters. The van der Waals surface area contributed by atoms with Gasteiger partial charge in [0.1, 0.15) is 11.6 Å². The zero-order chi connectivity index (χ0) is 20.4. The van der Waals surface area contributed by atoms with Crippen LogP contribution in [-0.2, 0) is 13.1 Å². The molecule has 0 amide bonds. The van der Waals surface area contributed by atoms with Gasteiger partial charge in [0, 0.05) is 17.3 Å². The van der Waals surface area contributed by atoms with Crippen LogP contribution in [0.15, 0.2) is 42.6 Å². The molecule has 29 heavy (non-hydrogen) atoms. The van der Waals surface area contributed by atoms with E-state index in [-0.39, 0.29) is 5.82 Å². The Kier molecular flexibility index (Phi) is 5.23. The van der Waals surface area contributed by atoms with Crippen LogP contribution in [0.5, 0.6) is 0 Å². The number of aryl methyl sites for hydroxylation is 1. The average Bonchev–Trinajstić information content (AvgIpc) is 3.40. The van der Waals surface area contributed by atoms with E-state index in [9.17, 15) is 10.1 Å². The summed E-state index contributed by atoms with van der Waals surface area (Å²) in [6, 6.07) is 10.9. The van der Waals surface area contributed by atoms with Crippen molar-refractivity contribution in [3.05, 3.63) is 74.0 Å². The molecule has 148 valence electrons. The summed E-state index contributed by atoms with van der Waals surface area (Å²) < 4.78 is 3.30. The maximum Gasteiger partial charge on any atom is 0.390 e. The predicted octanol–water partition coefficient (Wildman–Crippen LogP) is 3.64. The summed E-state index contributed by atoms with van der Waals surface area (Å²) in [5.74, 6) is 0.445. The lowest BCUT2D eigenvalue weighted by Gasteiger charge is -2.04. The lowest BCUT2D eigenvalue weighted by Crippen LogP contribution is -2.03. The molecule has 10 nitrogen and oxygen atoms in total. The smallest absolute Gasteiger partial charge is 0.358 e. The second-order valence-electron chi connectivity index (χ2n) is 6.17. The fraction of sp³-hybridized carbons (Fsp3) is 0.176. The van der Waals surface area contributed by atoms with Crippen molar-refractivity contribution in [3.63, 3.8) is 0 Å². The first kappa shape index (κ1) is 19.0. The molecule has 0 atom stereocenters. The van der Waals surface area contributed by atoms with Crippen molar-refractivity contribution < 1.29 is 4.92 Å². The standard InChI is InChI=1S/C17H15ClN8O2S/c1-11-8-15(26(27)28)23-25(11)10-16-20-21-17(29-16)19-14-6-7-24(22-14)9-12-4-2-3-5-13(12)18/h2-8H,9-10H2,1H3,(H,19,21,22). The molecular weight excluding hydrogens is 416 g/mol. The summed E-state index contributed by atoms with van der Waals surface area (Å²) >= 11 is 7.52. The maximum atomic E-state index is 10.8. The molecule has 0 aliphatic rings. The highest BCUT2D eigenvalue weighted by Crippen LogP contribution is 2.22. The van der Waals surface area contributed by atoms with E-state index in [1.807, 2.05) is 36.5 Å². The number of nitrogens with zero attached hydrogens (tertiary/aromatic N) is 7. The second-order valence-corrected chi connectivity index (χ2v) is 7.64. The Bertz CT molecular complexity index is 1170. The zero-order valence-corrected chi connectivity index (χ0v) is 16.8. The van der Waals surface area contributed by atoms with Gasteiger partial charge in [-0.25, -0.2) is 0 Å². The van der Waals surface area contributed by atoms with E-state index in [1.165, 1.54) is 22.1 Å². The predicted molar refractivity (Wildman–Crippen MR) is 109 cm³/mol. The number of hydrogen-bond acceptors (Lipinski definition) is 8. The second kappa shape index (κ2) is 7.97. The Hall–Kier alpha value is -3.31. The molecule has 0 fully saturated rings. The molecular formula is C17H15ClN8O2S. The van der Waals surface area contributed by atoms with Gasteiger partial charge in [-0.2, -0.15) is 9.78 Å². The van der Waals surface area contributed by atoms with Gasteiger partial charge in [0.2, 0.25) is 5.13 Å². The molecule has 3 aromatic heterocycles. The van der Waals surface area contributed by atoms with Crippen molar-refractivity contribution in [2.75, 3.05) is 5.32 Å². The van der Waals surface area contributed by atoms with Crippen molar-refractivity contribution in [1.29, 1.82) is 0 Å². The van der Waals surface area contributed by atoms with Crippen LogP contribution in [0, 0.1) is 17.0 Å². The SMILES string of the molecule is Cc1cc([N+](=O)[O-])nn1Cc1nnc(Nc2ccn(Cc3ccccc3Cl)n2)s1. The van der Waals surface area contributed by atoms with Crippen LogP contribution in [0.25, 0.3) is 0 Å². The molecule has 0 aliphatic heterocycles. The molecule has 0 spiro atoms. The highest BCUT2D eigenvalue weighted by Gasteiger charge is 2.17. The molecule has 12 heteroatoms. The van der Waals surface area contributed by atoms with Crippen molar-refractivity contribution in [3.8, 4) is 0 Å². The third-order valence-electron chi connectivity index (χ3n) is 4.07. The molecule has 3 heterocycles. The molecule has 4 rings (SSSR count). The van der Waals surface area contributed by atoms with Crippen LogP contribution < -0.4 is 5.32 Å². The minimum absolute atomic E-state index is 0.186. The largest absolute Gasteiger partial charge is 0.390 e. The lowest BCUT2D eigenvalue weighted by atomic mass is 10.2. The summed E-state index contributed by atoms with van der Waals surface area (Å²) in [4.78, 5) is 10.3. The van der Waals surface area contributed by atoms with Gasteiger partial charge >= 0.3 is 5.82 Å². The molecule has 4 aromatic rings. The summed E-state index contributed by atoms with van der Waals surface area (Å²) in [7, 11) is 0. The number of rotatable bonds is 7. The summed E-state index contributed by atoms with van der Waals surface area (Å²) in [5, 5.41) is 32.5. The van der Waals surface area contributed by atoms with Gasteiger partial charge in [-0.15, -0.1) is 10.2 Å². The quantitative estimate of drug-likeness (QED) is 0.351. The van der Waals surface area contributed by atoms with Crippen molar-refractivity contribution in [2.45, 2.75) is 20.0 Å². The first-order valence-electron chi connectivity index (χ1n) is 8.53. The summed E-state index contributed by atoms with van der Waals surface area (Å²) in [6.07, 6.45) is 1.85. The topological polar surface area (TPSA) is 117 Å². The van der Waals surface area contributed by atoms with Gasteiger partial charge in [-0.05, 0) is 23.5 Å². The minimum Gasteiger partial charge on any atom is -0.358 e. The van der Waals surface area contributed by atoms with Gasteiger partial charge in [0.05, 0.1) is 23.4 Å². The zero-order valence-electron chi connectivity index (χ0n) is 15.2. The number of nitro groups is 1. The van der Waals surface area contributed by atoms with E-state index in [0.717, 1.165) is 5.56 Å². The first-order valence-corrected chi connectivity index (χ1v) is 9.72. The summed E-state index contributed by atoms with van der Waals surface area (Å²) in [5.41, 5.74) is 1.66. The molecule has 0 bridgehead atoms. The summed E-state index contributed by atoms with van der Waals surface area (Å²) in [6.45, 7) is 2.62. The monoisotopic (exact) mass is 430 g/mol. The van der Waals surface area contributed by atoms with E-state index in [4.69, 9.17) is 11.6 Å². The van der Waals surface area contributed by atoms with E-state index in [2.05, 4.69) is 25.7 Å². The van der Waals surface area contributed by atoms with Crippen LogP contribution >= 0.6 is 22.9 Å². The first-order chi connectivity index (χ1) is 14.0. The van der Waals surface area contributed by atoms with Crippen LogP contribution in [0.2, 0.25) is 5.02 Å². The molecule has 1 aromatic carbocycles. The van der Waals surface area contributed by atoms with Crippen LogP contribution in [0.3, 0.4) is 0 Å². The third-order valence-corrected chi connectivity index (χ3v) is 5.27. The van der Waals surface area contributed by atoms with Crippen molar-refractivity contribution in [1.82, 2.24) is 29.8 Å². The number of nitrogens with one attached hydrogen (secondary N) is 1. The highest BCUT2D eigenvalue weighted by atomic mass is 35.5. The normalized spacial score (nSPS) is 11.0. The van der Waals surface area contributed by atoms with E-state index >= 15 is 0 Å². The van der Waals surface area contributed by atoms with Crippen LogP contribution in [-0.4, -0.2) is 34.7 Å². The van der Waals surface area contributed by atoms with E-state index in [1.54, 1.807) is 11.6 Å². The van der Waals surface area contributed by atoms with Gasteiger partial charge in [0.15, 0.2) is 5.82 Å². The Labute approximate surface area is 173 Å². The van der Waals surface area contributed by atoms with Gasteiger partial charge in [0.25, 0.3) is 0 Å². The number of benzene rings is 1. The highest BCUT2D eigenvalue weighted by molar-refractivity contribution is 7.15. The molecule has 0 saturated carbocycles. The molecule has 0 aliphatic carbocycles. The maximum absolute atomic E-state index is 10.8. The number of halogens is 1.